The molecule has 0 atom stereocenters. The highest BCUT2D eigenvalue weighted by Crippen LogP contribution is 2.38. The van der Waals surface area contributed by atoms with E-state index in [0.29, 0.717) is 0 Å². The molecular formula is C12H13. The molecule has 0 amide bonds. The lowest BCUT2D eigenvalue weighted by Gasteiger charge is -2.29. The molecule has 0 heterocycles. The van der Waals surface area contributed by atoms with Gasteiger partial charge in [-0.15, -0.1) is 0 Å². The zero-order chi connectivity index (χ0) is 8.60. The van der Waals surface area contributed by atoms with E-state index in [0.717, 1.165) is 0 Å². The molecule has 0 aromatic rings. The van der Waals surface area contributed by atoms with Crippen LogP contribution in [0, 0.1) is 11.8 Å². The standard InChI is InChI=1S/C12H13/c1-12(2)9-5-7-10-6-3-4-8-11(10)12/h3-9H,1-2H3. The summed E-state index contributed by atoms with van der Waals surface area (Å²) in [4.78, 5) is 0. The van der Waals surface area contributed by atoms with Gasteiger partial charge in [-0.25, -0.2) is 0 Å². The fraction of sp³-hybridized carbons (Fsp3) is 0.250. The Morgan fingerprint density at radius 3 is 2.67 bits per heavy atom. The summed E-state index contributed by atoms with van der Waals surface area (Å²) in [6.45, 7) is 4.49. The molecule has 0 N–H and O–H groups in total. The van der Waals surface area contributed by atoms with Gasteiger partial charge in [0.2, 0.25) is 0 Å². The summed E-state index contributed by atoms with van der Waals surface area (Å²) in [6, 6.07) is 0. The molecule has 1 radical (unpaired) electrons. The Morgan fingerprint density at radius 2 is 1.92 bits per heavy atom. The van der Waals surface area contributed by atoms with E-state index in [-0.39, 0.29) is 5.41 Å². The van der Waals surface area contributed by atoms with Crippen molar-refractivity contribution < 1.29 is 0 Å². The van der Waals surface area contributed by atoms with E-state index in [9.17, 15) is 0 Å². The zero-order valence-electron chi connectivity index (χ0n) is 7.54. The third-order valence-electron chi connectivity index (χ3n) is 2.44. The van der Waals surface area contributed by atoms with Gasteiger partial charge in [0.15, 0.2) is 0 Å². The van der Waals surface area contributed by atoms with Crippen molar-refractivity contribution in [3.05, 3.63) is 54.0 Å². The van der Waals surface area contributed by atoms with E-state index in [1.165, 1.54) is 11.1 Å². The van der Waals surface area contributed by atoms with Gasteiger partial charge in [-0.3, -0.25) is 0 Å². The summed E-state index contributed by atoms with van der Waals surface area (Å²) < 4.78 is 0. The predicted octanol–water partition coefficient (Wildman–Crippen LogP) is 3.21. The smallest absolute Gasteiger partial charge is 0.00814 e. The monoisotopic (exact) mass is 157 g/mol. The Morgan fingerprint density at radius 1 is 1.08 bits per heavy atom. The zero-order valence-corrected chi connectivity index (χ0v) is 7.54. The van der Waals surface area contributed by atoms with Crippen LogP contribution in [0.15, 0.2) is 47.6 Å². The summed E-state index contributed by atoms with van der Waals surface area (Å²) in [5.41, 5.74) is 2.98. The molecule has 0 fully saturated rings. The van der Waals surface area contributed by atoms with Crippen LogP contribution in [0.1, 0.15) is 13.8 Å². The molecule has 0 saturated heterocycles. The predicted molar refractivity (Wildman–Crippen MR) is 52.5 cm³/mol. The quantitative estimate of drug-likeness (QED) is 0.506. The molecule has 0 aromatic carbocycles. The molecule has 0 saturated carbocycles. The van der Waals surface area contributed by atoms with Crippen LogP contribution in [-0.2, 0) is 0 Å². The highest BCUT2D eigenvalue weighted by Gasteiger charge is 2.24. The van der Waals surface area contributed by atoms with Crippen LogP contribution in [0.25, 0.3) is 0 Å². The maximum absolute atomic E-state index is 2.25. The van der Waals surface area contributed by atoms with Crippen molar-refractivity contribution in [1.29, 1.82) is 0 Å². The Balaban J connectivity index is 2.47. The molecule has 0 nitrogen and oxygen atoms in total. The van der Waals surface area contributed by atoms with Crippen LogP contribution in [-0.4, -0.2) is 0 Å². The fourth-order valence-corrected chi connectivity index (χ4v) is 1.71. The first-order chi connectivity index (χ1) is 5.70. The van der Waals surface area contributed by atoms with Gasteiger partial charge in [0.1, 0.15) is 0 Å². The molecule has 0 heteroatoms. The SMILES string of the molecule is CC1(C)C=CC=C2C=C[CH]C=C21. The van der Waals surface area contributed by atoms with Gasteiger partial charge in [0.05, 0.1) is 0 Å². The molecule has 0 bridgehead atoms. The third kappa shape index (κ3) is 1.08. The van der Waals surface area contributed by atoms with Gasteiger partial charge in [-0.2, -0.15) is 0 Å². The maximum Gasteiger partial charge on any atom is 0.00814 e. The minimum absolute atomic E-state index is 0.200. The average Bonchev–Trinajstić information content (AvgIpc) is 2.04. The first-order valence-corrected chi connectivity index (χ1v) is 4.32. The largest absolute Gasteiger partial charge is 0.0761 e. The molecule has 2 aliphatic rings. The maximum atomic E-state index is 2.25. The average molecular weight is 157 g/mol. The van der Waals surface area contributed by atoms with E-state index >= 15 is 0 Å². The number of allylic oxidation sites excluding steroid dienone is 8. The fourth-order valence-electron chi connectivity index (χ4n) is 1.71. The topological polar surface area (TPSA) is 0 Å². The first-order valence-electron chi connectivity index (χ1n) is 4.32. The van der Waals surface area contributed by atoms with Crippen LogP contribution in [0.3, 0.4) is 0 Å². The minimum atomic E-state index is 0.200. The van der Waals surface area contributed by atoms with Crippen molar-refractivity contribution in [2.75, 3.05) is 0 Å². The second kappa shape index (κ2) is 2.48. The highest BCUT2D eigenvalue weighted by molar-refractivity contribution is 5.54. The van der Waals surface area contributed by atoms with Gasteiger partial charge < -0.3 is 0 Å². The van der Waals surface area contributed by atoms with E-state index in [1.807, 2.05) is 0 Å². The lowest BCUT2D eigenvalue weighted by molar-refractivity contribution is 0.584. The summed E-state index contributed by atoms with van der Waals surface area (Å²) >= 11 is 0. The van der Waals surface area contributed by atoms with Crippen LogP contribution >= 0.6 is 0 Å². The Bertz CT molecular complexity index is 309. The van der Waals surface area contributed by atoms with Crippen molar-refractivity contribution in [3.63, 3.8) is 0 Å². The van der Waals surface area contributed by atoms with Crippen molar-refractivity contribution >= 4 is 0 Å². The van der Waals surface area contributed by atoms with Crippen molar-refractivity contribution in [1.82, 2.24) is 0 Å². The van der Waals surface area contributed by atoms with E-state index < -0.39 is 0 Å². The Hall–Kier alpha value is -1.04. The van der Waals surface area contributed by atoms with Crippen molar-refractivity contribution in [3.8, 4) is 0 Å². The summed E-state index contributed by atoms with van der Waals surface area (Å²) in [7, 11) is 0. The second-order valence-electron chi connectivity index (χ2n) is 3.83. The lowest BCUT2D eigenvalue weighted by atomic mass is 9.75. The summed E-state index contributed by atoms with van der Waals surface area (Å²) in [6.07, 6.45) is 15.1. The van der Waals surface area contributed by atoms with E-state index in [2.05, 4.69) is 56.7 Å². The molecule has 12 heavy (non-hydrogen) atoms. The van der Waals surface area contributed by atoms with Gasteiger partial charge in [0, 0.05) is 11.8 Å². The normalized spacial score (nSPS) is 24.5. The van der Waals surface area contributed by atoms with Crippen LogP contribution in [0.2, 0.25) is 0 Å². The van der Waals surface area contributed by atoms with Crippen LogP contribution in [0.4, 0.5) is 0 Å². The van der Waals surface area contributed by atoms with Crippen LogP contribution < -0.4 is 0 Å². The molecule has 0 unspecified atom stereocenters. The molecule has 0 spiro atoms. The number of hydrogen-bond acceptors (Lipinski definition) is 0. The van der Waals surface area contributed by atoms with Crippen molar-refractivity contribution in [2.24, 2.45) is 5.41 Å². The minimum Gasteiger partial charge on any atom is -0.0761 e. The first kappa shape index (κ1) is 7.60. The Labute approximate surface area is 74.0 Å². The second-order valence-corrected chi connectivity index (χ2v) is 3.83. The third-order valence-corrected chi connectivity index (χ3v) is 2.44. The molecule has 61 valence electrons. The van der Waals surface area contributed by atoms with Gasteiger partial charge in [-0.1, -0.05) is 50.3 Å². The van der Waals surface area contributed by atoms with Gasteiger partial charge in [-0.05, 0) is 11.1 Å². The number of rotatable bonds is 0. The summed E-state index contributed by atoms with van der Waals surface area (Å²) in [5.74, 6) is 0. The molecule has 0 aromatic heterocycles. The molecule has 2 aliphatic carbocycles. The van der Waals surface area contributed by atoms with Crippen LogP contribution in [0.5, 0.6) is 0 Å². The molecule has 2 rings (SSSR count). The molecular weight excluding hydrogens is 144 g/mol. The number of hydrogen-bond donors (Lipinski definition) is 0. The molecule has 0 aliphatic heterocycles. The van der Waals surface area contributed by atoms with E-state index in [4.69, 9.17) is 0 Å². The summed E-state index contributed by atoms with van der Waals surface area (Å²) in [5, 5.41) is 0. The number of fused-ring (bicyclic) bond motifs is 1. The lowest BCUT2D eigenvalue weighted by Crippen LogP contribution is -2.16. The Kier molecular flexibility index (Phi) is 1.57. The van der Waals surface area contributed by atoms with Gasteiger partial charge in [0.25, 0.3) is 0 Å². The highest BCUT2D eigenvalue weighted by atomic mass is 14.3. The van der Waals surface area contributed by atoms with Crippen molar-refractivity contribution in [2.45, 2.75) is 13.8 Å². The van der Waals surface area contributed by atoms with Gasteiger partial charge >= 0.3 is 0 Å². The van der Waals surface area contributed by atoms with E-state index in [1.54, 1.807) is 0 Å².